The van der Waals surface area contributed by atoms with Crippen molar-refractivity contribution < 1.29 is 4.79 Å². The van der Waals surface area contributed by atoms with Crippen LogP contribution in [0, 0.1) is 11.8 Å². The fourth-order valence-electron chi connectivity index (χ4n) is 3.17. The number of hydrogen-bond acceptors (Lipinski definition) is 5. The van der Waals surface area contributed by atoms with Crippen LogP contribution < -0.4 is 16.4 Å². The van der Waals surface area contributed by atoms with Crippen LogP contribution >= 0.6 is 36.6 Å². The molecule has 1 amide bonds. The average Bonchev–Trinajstić information content (AvgIpc) is 2.43. The highest BCUT2D eigenvalue weighted by atomic mass is 35.5. The summed E-state index contributed by atoms with van der Waals surface area (Å²) in [5, 5.41) is 6.40. The topological polar surface area (TPSA) is 80.0 Å². The third-order valence-corrected chi connectivity index (χ3v) is 5.77. The van der Waals surface area contributed by atoms with Crippen molar-refractivity contribution in [3.63, 3.8) is 0 Å². The quantitative estimate of drug-likeness (QED) is 0.744. The normalized spacial score (nSPS) is 33.7. The van der Waals surface area contributed by atoms with E-state index in [1.807, 2.05) is 12.1 Å². The van der Waals surface area contributed by atoms with E-state index in [2.05, 4.69) is 22.5 Å². The molecule has 3 rings (SSSR count). The predicted octanol–water partition coefficient (Wildman–Crippen LogP) is 1.76. The smallest absolute Gasteiger partial charge is 0.228 e. The Hall–Kier alpha value is -0.530. The van der Waals surface area contributed by atoms with Crippen LogP contribution in [-0.4, -0.2) is 28.5 Å². The molecule has 1 aromatic rings. The molecule has 0 bridgehead atoms. The average molecular weight is 365 g/mol. The number of nitrogens with one attached hydrogen (secondary N) is 2. The van der Waals surface area contributed by atoms with Gasteiger partial charge in [-0.3, -0.25) is 20.8 Å². The third kappa shape index (κ3) is 4.06. The lowest BCUT2D eigenvalue weighted by Gasteiger charge is -2.45. The number of hydrogen-bond donors (Lipinski definition) is 3. The zero-order chi connectivity index (χ0) is 14.1. The molecule has 0 spiro atoms. The van der Waals surface area contributed by atoms with Crippen LogP contribution in [0.5, 0.6) is 0 Å². The van der Waals surface area contributed by atoms with Crippen molar-refractivity contribution in [3.8, 4) is 0 Å². The molecule has 2 aliphatic rings. The molecule has 8 heteroatoms. The summed E-state index contributed by atoms with van der Waals surface area (Å²) in [7, 11) is 0. The zero-order valence-corrected chi connectivity index (χ0v) is 14.7. The van der Waals surface area contributed by atoms with Crippen molar-refractivity contribution in [1.29, 1.82) is 0 Å². The van der Waals surface area contributed by atoms with Crippen molar-refractivity contribution in [2.45, 2.75) is 42.2 Å². The fourth-order valence-corrected chi connectivity index (χ4v) is 4.59. The molecule has 124 valence electrons. The minimum atomic E-state index is -0.413. The number of pyridine rings is 1. The Balaban J connectivity index is 0.00000121. The van der Waals surface area contributed by atoms with Gasteiger partial charge >= 0.3 is 0 Å². The Bertz CT molecular complexity index is 493. The van der Waals surface area contributed by atoms with Crippen LogP contribution in [-0.2, 0) is 4.79 Å². The number of halogens is 2. The second-order valence-electron chi connectivity index (χ2n) is 5.61. The van der Waals surface area contributed by atoms with Crippen LogP contribution in [0.1, 0.15) is 19.8 Å². The molecule has 1 aromatic heterocycles. The first-order chi connectivity index (χ1) is 9.65. The molecule has 5 unspecified atom stereocenters. The SMILES string of the molecule is CC1CCC2NC(N)NC(=O)C2C1Sc1ccncc1.Cl.Cl. The summed E-state index contributed by atoms with van der Waals surface area (Å²) in [4.78, 5) is 17.5. The number of nitrogens with zero attached hydrogens (tertiary/aromatic N) is 1. The van der Waals surface area contributed by atoms with Crippen molar-refractivity contribution in [2.75, 3.05) is 0 Å². The first-order valence-electron chi connectivity index (χ1n) is 7.04. The van der Waals surface area contributed by atoms with Gasteiger partial charge in [0.15, 0.2) is 0 Å². The first kappa shape index (κ1) is 19.5. The Morgan fingerprint density at radius 3 is 2.64 bits per heavy atom. The summed E-state index contributed by atoms with van der Waals surface area (Å²) in [6, 6.07) is 4.19. The Labute approximate surface area is 147 Å². The van der Waals surface area contributed by atoms with Gasteiger partial charge in [0.2, 0.25) is 5.91 Å². The highest BCUT2D eigenvalue weighted by molar-refractivity contribution is 8.00. The molecule has 1 saturated heterocycles. The Kier molecular flexibility index (Phi) is 7.41. The van der Waals surface area contributed by atoms with Crippen LogP contribution in [0.4, 0.5) is 0 Å². The minimum Gasteiger partial charge on any atom is -0.328 e. The number of aromatic nitrogens is 1. The highest BCUT2D eigenvalue weighted by Crippen LogP contribution is 2.41. The number of rotatable bonds is 2. The van der Waals surface area contributed by atoms with Gasteiger partial charge in [0.05, 0.1) is 5.92 Å². The van der Waals surface area contributed by atoms with Gasteiger partial charge in [-0.15, -0.1) is 36.6 Å². The van der Waals surface area contributed by atoms with Crippen molar-refractivity contribution >= 4 is 42.5 Å². The van der Waals surface area contributed by atoms with Crippen LogP contribution in [0.3, 0.4) is 0 Å². The Morgan fingerprint density at radius 1 is 1.27 bits per heavy atom. The maximum absolute atomic E-state index is 12.3. The fraction of sp³-hybridized carbons (Fsp3) is 0.571. The summed E-state index contributed by atoms with van der Waals surface area (Å²) >= 11 is 1.78. The largest absolute Gasteiger partial charge is 0.328 e. The summed E-state index contributed by atoms with van der Waals surface area (Å²) < 4.78 is 0. The second-order valence-corrected chi connectivity index (χ2v) is 6.86. The van der Waals surface area contributed by atoms with Gasteiger partial charge in [0.1, 0.15) is 6.29 Å². The van der Waals surface area contributed by atoms with Crippen molar-refractivity contribution in [3.05, 3.63) is 24.5 Å². The standard InChI is InChI=1S/C14H20N4OS.2ClH/c1-8-2-3-10-11(13(19)18-14(15)17-10)12(8)20-9-4-6-16-7-5-9;;/h4-8,10-12,14,17H,2-3,15H2,1H3,(H,18,19);2*1H. The van der Waals surface area contributed by atoms with Crippen LogP contribution in [0.25, 0.3) is 0 Å². The molecule has 2 fully saturated rings. The zero-order valence-electron chi connectivity index (χ0n) is 12.3. The van der Waals surface area contributed by atoms with E-state index >= 15 is 0 Å². The molecule has 1 aliphatic carbocycles. The number of fused-ring (bicyclic) bond motifs is 1. The summed E-state index contributed by atoms with van der Waals surface area (Å²) in [6.45, 7) is 2.23. The Morgan fingerprint density at radius 2 is 1.95 bits per heavy atom. The van der Waals surface area contributed by atoms with Gasteiger partial charge in [-0.1, -0.05) is 6.92 Å². The molecule has 1 saturated carbocycles. The molecule has 5 nitrogen and oxygen atoms in total. The molecular weight excluding hydrogens is 343 g/mol. The van der Waals surface area contributed by atoms with Gasteiger partial charge in [0.25, 0.3) is 0 Å². The molecular formula is C14H22Cl2N4OS. The van der Waals surface area contributed by atoms with Crippen molar-refractivity contribution in [2.24, 2.45) is 17.6 Å². The lowest BCUT2D eigenvalue weighted by Crippen LogP contribution is -2.68. The van der Waals surface area contributed by atoms with E-state index in [0.717, 1.165) is 12.8 Å². The number of carbonyl (C=O) groups is 1. The number of nitrogens with two attached hydrogens (primary N) is 1. The molecule has 4 N–H and O–H groups in total. The highest BCUT2D eigenvalue weighted by Gasteiger charge is 2.45. The summed E-state index contributed by atoms with van der Waals surface area (Å²) in [5.74, 6) is 0.576. The van der Waals surface area contributed by atoms with Gasteiger partial charge in [-0.2, -0.15) is 0 Å². The van der Waals surface area contributed by atoms with Crippen LogP contribution in [0.15, 0.2) is 29.4 Å². The van der Waals surface area contributed by atoms with Crippen LogP contribution in [0.2, 0.25) is 0 Å². The van der Waals surface area contributed by atoms with Gasteiger partial charge < -0.3 is 5.32 Å². The van der Waals surface area contributed by atoms with E-state index in [9.17, 15) is 4.79 Å². The minimum absolute atomic E-state index is 0. The number of carbonyl (C=O) groups excluding carboxylic acids is 1. The van der Waals surface area contributed by atoms with E-state index in [1.54, 1.807) is 24.2 Å². The lowest BCUT2D eigenvalue weighted by molar-refractivity contribution is -0.131. The third-order valence-electron chi connectivity index (χ3n) is 4.20. The predicted molar refractivity (Wildman–Crippen MR) is 93.3 cm³/mol. The number of thioether (sulfide) groups is 1. The lowest BCUT2D eigenvalue weighted by atomic mass is 9.77. The summed E-state index contributed by atoms with van der Waals surface area (Å²) in [6.07, 6.45) is 5.31. The van der Waals surface area contributed by atoms with E-state index < -0.39 is 6.29 Å². The molecule has 0 radical (unpaired) electrons. The van der Waals surface area contributed by atoms with E-state index in [0.29, 0.717) is 5.92 Å². The summed E-state index contributed by atoms with van der Waals surface area (Å²) in [5.41, 5.74) is 5.81. The maximum atomic E-state index is 12.3. The first-order valence-corrected chi connectivity index (χ1v) is 7.92. The molecule has 0 aromatic carbocycles. The monoisotopic (exact) mass is 364 g/mol. The van der Waals surface area contributed by atoms with E-state index in [-0.39, 0.29) is 47.9 Å². The number of amides is 1. The second kappa shape index (κ2) is 8.36. The van der Waals surface area contributed by atoms with E-state index in [1.165, 1.54) is 4.90 Å². The van der Waals surface area contributed by atoms with E-state index in [4.69, 9.17) is 5.73 Å². The van der Waals surface area contributed by atoms with Gasteiger partial charge in [0, 0.05) is 28.6 Å². The van der Waals surface area contributed by atoms with Gasteiger partial charge in [-0.25, -0.2) is 0 Å². The molecule has 2 heterocycles. The van der Waals surface area contributed by atoms with Gasteiger partial charge in [-0.05, 0) is 30.9 Å². The molecule has 5 atom stereocenters. The maximum Gasteiger partial charge on any atom is 0.228 e. The molecule has 1 aliphatic heterocycles. The van der Waals surface area contributed by atoms with Crippen molar-refractivity contribution in [1.82, 2.24) is 15.6 Å². The molecule has 22 heavy (non-hydrogen) atoms.